The summed E-state index contributed by atoms with van der Waals surface area (Å²) in [5, 5.41) is 12.4. The molecular weight excluding hydrogens is 264 g/mol. The van der Waals surface area contributed by atoms with Gasteiger partial charge in [0.1, 0.15) is 5.75 Å². The molecule has 0 aliphatic heterocycles. The number of hydrogen-bond acceptors (Lipinski definition) is 4. The molecular formula is C13H22N2O3S. The molecule has 1 rings (SSSR count). The van der Waals surface area contributed by atoms with E-state index >= 15 is 0 Å². The van der Waals surface area contributed by atoms with E-state index in [1.165, 1.54) is 5.56 Å². The molecule has 0 aliphatic rings. The van der Waals surface area contributed by atoms with Crippen LogP contribution >= 0.6 is 0 Å². The molecule has 1 unspecified atom stereocenters. The third-order valence-electron chi connectivity index (χ3n) is 2.78. The Morgan fingerprint density at radius 2 is 1.84 bits per heavy atom. The van der Waals surface area contributed by atoms with E-state index in [1.807, 2.05) is 12.1 Å². The van der Waals surface area contributed by atoms with E-state index in [0.29, 0.717) is 19.1 Å². The molecule has 1 aromatic rings. The summed E-state index contributed by atoms with van der Waals surface area (Å²) in [6, 6.07) is 7.50. The summed E-state index contributed by atoms with van der Waals surface area (Å²) < 4.78 is 24.1. The van der Waals surface area contributed by atoms with Crippen LogP contribution in [0, 0.1) is 0 Å². The summed E-state index contributed by atoms with van der Waals surface area (Å²) in [4.78, 5) is 0. The van der Waals surface area contributed by atoms with Crippen LogP contribution in [0.3, 0.4) is 0 Å². The number of rotatable bonds is 8. The molecule has 5 nitrogen and oxygen atoms in total. The minimum Gasteiger partial charge on any atom is -0.508 e. The van der Waals surface area contributed by atoms with Gasteiger partial charge in [-0.05, 0) is 37.5 Å². The summed E-state index contributed by atoms with van der Waals surface area (Å²) in [5.41, 5.74) is 1.18. The molecule has 1 aromatic carbocycles. The van der Waals surface area contributed by atoms with Crippen LogP contribution in [0.5, 0.6) is 5.75 Å². The molecule has 1 atom stereocenters. The molecule has 0 saturated heterocycles. The molecule has 0 saturated carbocycles. The predicted octanol–water partition coefficient (Wildman–Crippen LogP) is 0.852. The Morgan fingerprint density at radius 1 is 1.21 bits per heavy atom. The largest absolute Gasteiger partial charge is 0.508 e. The maximum atomic E-state index is 10.9. The SMILES string of the molecule is CC(CCc1ccc(O)cc1)NCCNS(C)(=O)=O. The zero-order valence-electron chi connectivity index (χ0n) is 11.4. The van der Waals surface area contributed by atoms with Crippen molar-refractivity contribution in [1.82, 2.24) is 10.0 Å². The quantitative estimate of drug-likeness (QED) is 0.619. The number of benzene rings is 1. The van der Waals surface area contributed by atoms with E-state index in [9.17, 15) is 13.5 Å². The first-order valence-corrected chi connectivity index (χ1v) is 8.22. The van der Waals surface area contributed by atoms with Crippen molar-refractivity contribution in [1.29, 1.82) is 0 Å². The summed E-state index contributed by atoms with van der Waals surface area (Å²) in [6.07, 6.45) is 3.04. The lowest BCUT2D eigenvalue weighted by molar-refractivity contribution is 0.474. The van der Waals surface area contributed by atoms with E-state index < -0.39 is 10.0 Å². The Bertz CT molecular complexity index is 471. The fraction of sp³-hybridized carbons (Fsp3) is 0.538. The second-order valence-electron chi connectivity index (χ2n) is 4.73. The number of nitrogens with one attached hydrogen (secondary N) is 2. The van der Waals surface area contributed by atoms with E-state index in [2.05, 4.69) is 17.0 Å². The average Bonchev–Trinajstić information content (AvgIpc) is 2.33. The molecule has 0 amide bonds. The summed E-state index contributed by atoms with van der Waals surface area (Å²) in [6.45, 7) is 3.09. The van der Waals surface area contributed by atoms with E-state index in [4.69, 9.17) is 0 Å². The average molecular weight is 286 g/mol. The molecule has 0 bridgehead atoms. The molecule has 0 aliphatic carbocycles. The normalized spacial score (nSPS) is 13.4. The lowest BCUT2D eigenvalue weighted by atomic mass is 10.1. The third kappa shape index (κ3) is 7.81. The van der Waals surface area contributed by atoms with E-state index in [-0.39, 0.29) is 5.75 Å². The Balaban J connectivity index is 2.17. The molecule has 108 valence electrons. The van der Waals surface area contributed by atoms with Crippen LogP contribution in [-0.4, -0.2) is 38.9 Å². The maximum Gasteiger partial charge on any atom is 0.208 e. The first kappa shape index (κ1) is 15.9. The molecule has 0 radical (unpaired) electrons. The van der Waals surface area contributed by atoms with Crippen LogP contribution in [-0.2, 0) is 16.4 Å². The number of aromatic hydroxyl groups is 1. The fourth-order valence-electron chi connectivity index (χ4n) is 1.70. The van der Waals surface area contributed by atoms with Crippen molar-refractivity contribution in [3.8, 4) is 5.75 Å². The Hall–Kier alpha value is -1.11. The minimum absolute atomic E-state index is 0.279. The van der Waals surface area contributed by atoms with Gasteiger partial charge in [-0.2, -0.15) is 0 Å². The Labute approximate surface area is 115 Å². The molecule has 19 heavy (non-hydrogen) atoms. The first-order chi connectivity index (χ1) is 8.87. The molecule has 0 fully saturated rings. The van der Waals surface area contributed by atoms with Gasteiger partial charge in [0, 0.05) is 19.1 Å². The monoisotopic (exact) mass is 286 g/mol. The van der Waals surface area contributed by atoms with Crippen LogP contribution in [0.4, 0.5) is 0 Å². The zero-order valence-corrected chi connectivity index (χ0v) is 12.2. The van der Waals surface area contributed by atoms with Crippen LogP contribution in [0.1, 0.15) is 18.9 Å². The smallest absolute Gasteiger partial charge is 0.208 e. The van der Waals surface area contributed by atoms with Crippen molar-refractivity contribution >= 4 is 10.0 Å². The second kappa shape index (κ2) is 7.47. The maximum absolute atomic E-state index is 10.9. The number of hydrogen-bond donors (Lipinski definition) is 3. The third-order valence-corrected chi connectivity index (χ3v) is 3.51. The molecule has 3 N–H and O–H groups in total. The Morgan fingerprint density at radius 3 is 2.42 bits per heavy atom. The van der Waals surface area contributed by atoms with Crippen LogP contribution in [0.2, 0.25) is 0 Å². The van der Waals surface area contributed by atoms with E-state index in [1.54, 1.807) is 12.1 Å². The highest BCUT2D eigenvalue weighted by molar-refractivity contribution is 7.88. The van der Waals surface area contributed by atoms with Gasteiger partial charge in [0.05, 0.1) is 6.26 Å². The summed E-state index contributed by atoms with van der Waals surface area (Å²) >= 11 is 0. The van der Waals surface area contributed by atoms with Gasteiger partial charge in [-0.3, -0.25) is 0 Å². The van der Waals surface area contributed by atoms with Gasteiger partial charge in [-0.25, -0.2) is 13.1 Å². The van der Waals surface area contributed by atoms with Gasteiger partial charge in [-0.15, -0.1) is 0 Å². The summed E-state index contributed by atoms with van der Waals surface area (Å²) in [7, 11) is -3.10. The van der Waals surface area contributed by atoms with Crippen molar-refractivity contribution in [2.75, 3.05) is 19.3 Å². The van der Waals surface area contributed by atoms with Gasteiger partial charge in [0.15, 0.2) is 0 Å². The van der Waals surface area contributed by atoms with Crippen molar-refractivity contribution in [3.05, 3.63) is 29.8 Å². The standard InChI is InChI=1S/C13H22N2O3S/c1-11(14-9-10-15-19(2,17)18)3-4-12-5-7-13(16)8-6-12/h5-8,11,14-16H,3-4,9-10H2,1-2H3. The molecule has 6 heteroatoms. The minimum atomic E-state index is -3.10. The van der Waals surface area contributed by atoms with Crippen LogP contribution in [0.15, 0.2) is 24.3 Å². The lowest BCUT2D eigenvalue weighted by Gasteiger charge is -2.13. The number of phenols is 1. The highest BCUT2D eigenvalue weighted by Crippen LogP contribution is 2.11. The van der Waals surface area contributed by atoms with Gasteiger partial charge in [0.25, 0.3) is 0 Å². The molecule has 0 heterocycles. The van der Waals surface area contributed by atoms with Crippen LogP contribution < -0.4 is 10.0 Å². The van der Waals surface area contributed by atoms with Crippen molar-refractivity contribution in [3.63, 3.8) is 0 Å². The second-order valence-corrected chi connectivity index (χ2v) is 6.56. The highest BCUT2D eigenvalue weighted by Gasteiger charge is 2.03. The Kier molecular flexibility index (Phi) is 6.27. The van der Waals surface area contributed by atoms with Gasteiger partial charge >= 0.3 is 0 Å². The number of aryl methyl sites for hydroxylation is 1. The number of phenolic OH excluding ortho intramolecular Hbond substituents is 1. The molecule has 0 spiro atoms. The zero-order chi connectivity index (χ0) is 14.3. The first-order valence-electron chi connectivity index (χ1n) is 6.33. The lowest BCUT2D eigenvalue weighted by Crippen LogP contribution is -2.35. The predicted molar refractivity (Wildman–Crippen MR) is 76.7 cm³/mol. The topological polar surface area (TPSA) is 78.4 Å². The van der Waals surface area contributed by atoms with Gasteiger partial charge < -0.3 is 10.4 Å². The van der Waals surface area contributed by atoms with Crippen LogP contribution in [0.25, 0.3) is 0 Å². The van der Waals surface area contributed by atoms with E-state index in [0.717, 1.165) is 19.1 Å². The summed E-state index contributed by atoms with van der Waals surface area (Å²) in [5.74, 6) is 0.279. The van der Waals surface area contributed by atoms with Crippen molar-refractivity contribution in [2.24, 2.45) is 0 Å². The van der Waals surface area contributed by atoms with Gasteiger partial charge in [0.2, 0.25) is 10.0 Å². The fourth-order valence-corrected chi connectivity index (χ4v) is 2.18. The van der Waals surface area contributed by atoms with Crippen molar-refractivity contribution < 1.29 is 13.5 Å². The highest BCUT2D eigenvalue weighted by atomic mass is 32.2. The molecule has 0 aromatic heterocycles. The van der Waals surface area contributed by atoms with Crippen molar-refractivity contribution in [2.45, 2.75) is 25.8 Å². The number of sulfonamides is 1. The van der Waals surface area contributed by atoms with Gasteiger partial charge in [-0.1, -0.05) is 12.1 Å².